The zero-order valence-corrected chi connectivity index (χ0v) is 12.0. The van der Waals surface area contributed by atoms with Gasteiger partial charge in [-0.2, -0.15) is 0 Å². The van der Waals surface area contributed by atoms with Crippen molar-refractivity contribution in [2.45, 2.75) is 6.42 Å². The standard InChI is InChI=1S/C14H16N4OS/c1-19-9-6-10-4-2-3-5-11(10)18-14-12(13(15)20)16-7-8-17-14/h2-5,7-8H,6,9H2,1H3,(H2,15,20)(H,17,18). The van der Waals surface area contributed by atoms with Gasteiger partial charge in [0.25, 0.3) is 0 Å². The minimum atomic E-state index is 0.218. The van der Waals surface area contributed by atoms with Crippen molar-refractivity contribution >= 4 is 28.7 Å². The number of aromatic nitrogens is 2. The van der Waals surface area contributed by atoms with Crippen molar-refractivity contribution in [3.8, 4) is 0 Å². The van der Waals surface area contributed by atoms with E-state index in [1.807, 2.05) is 24.3 Å². The lowest BCUT2D eigenvalue weighted by molar-refractivity contribution is 0.202. The van der Waals surface area contributed by atoms with Crippen LogP contribution in [0.25, 0.3) is 0 Å². The van der Waals surface area contributed by atoms with Gasteiger partial charge in [0.1, 0.15) is 10.7 Å². The van der Waals surface area contributed by atoms with Crippen LogP contribution in [0.2, 0.25) is 0 Å². The van der Waals surface area contributed by atoms with Crippen molar-refractivity contribution < 1.29 is 4.74 Å². The van der Waals surface area contributed by atoms with Crippen molar-refractivity contribution in [1.29, 1.82) is 0 Å². The van der Waals surface area contributed by atoms with Gasteiger partial charge in [0.2, 0.25) is 0 Å². The van der Waals surface area contributed by atoms with Crippen LogP contribution in [0.4, 0.5) is 11.5 Å². The fraction of sp³-hybridized carbons (Fsp3) is 0.214. The third-order valence-corrected chi connectivity index (χ3v) is 2.97. The molecule has 0 amide bonds. The summed E-state index contributed by atoms with van der Waals surface area (Å²) in [5.41, 5.74) is 8.23. The molecular formula is C14H16N4OS. The fourth-order valence-electron chi connectivity index (χ4n) is 1.81. The van der Waals surface area contributed by atoms with Gasteiger partial charge < -0.3 is 15.8 Å². The van der Waals surface area contributed by atoms with Gasteiger partial charge in [0.15, 0.2) is 5.82 Å². The van der Waals surface area contributed by atoms with Crippen molar-refractivity contribution in [2.75, 3.05) is 19.0 Å². The Hall–Kier alpha value is -2.05. The molecular weight excluding hydrogens is 272 g/mol. The van der Waals surface area contributed by atoms with Crippen LogP contribution in [0.15, 0.2) is 36.7 Å². The molecule has 0 atom stereocenters. The molecule has 0 aliphatic heterocycles. The summed E-state index contributed by atoms with van der Waals surface area (Å²) in [6, 6.07) is 7.96. The van der Waals surface area contributed by atoms with E-state index in [0.29, 0.717) is 18.1 Å². The summed E-state index contributed by atoms with van der Waals surface area (Å²) in [6.07, 6.45) is 3.97. The fourth-order valence-corrected chi connectivity index (χ4v) is 1.96. The number of nitrogens with one attached hydrogen (secondary N) is 1. The zero-order chi connectivity index (χ0) is 14.4. The molecule has 0 aliphatic carbocycles. The molecule has 0 aliphatic rings. The van der Waals surface area contributed by atoms with E-state index in [2.05, 4.69) is 15.3 Å². The van der Waals surface area contributed by atoms with Crippen LogP contribution in [0, 0.1) is 0 Å². The SMILES string of the molecule is COCCc1ccccc1Nc1nccnc1C(N)=S. The molecule has 5 nitrogen and oxygen atoms in total. The highest BCUT2D eigenvalue weighted by Gasteiger charge is 2.09. The van der Waals surface area contributed by atoms with Crippen molar-refractivity contribution in [3.05, 3.63) is 47.9 Å². The predicted octanol–water partition coefficient (Wildman–Crippen LogP) is 2.04. The Bertz CT molecular complexity index is 603. The summed E-state index contributed by atoms with van der Waals surface area (Å²) < 4.78 is 5.12. The van der Waals surface area contributed by atoms with Crippen LogP contribution < -0.4 is 11.1 Å². The lowest BCUT2D eigenvalue weighted by atomic mass is 10.1. The Labute approximate surface area is 123 Å². The first kappa shape index (κ1) is 14.4. The topological polar surface area (TPSA) is 73.1 Å². The summed E-state index contributed by atoms with van der Waals surface area (Å²) in [5.74, 6) is 0.560. The molecule has 2 rings (SSSR count). The Morgan fingerprint density at radius 1 is 1.30 bits per heavy atom. The maximum Gasteiger partial charge on any atom is 0.159 e. The van der Waals surface area contributed by atoms with Crippen LogP contribution >= 0.6 is 12.2 Å². The van der Waals surface area contributed by atoms with E-state index < -0.39 is 0 Å². The summed E-state index contributed by atoms with van der Waals surface area (Å²) in [6.45, 7) is 0.654. The third kappa shape index (κ3) is 3.49. The van der Waals surface area contributed by atoms with E-state index in [1.54, 1.807) is 19.5 Å². The minimum Gasteiger partial charge on any atom is -0.388 e. The summed E-state index contributed by atoms with van der Waals surface area (Å²) in [7, 11) is 1.68. The van der Waals surface area contributed by atoms with Crippen molar-refractivity contribution in [3.63, 3.8) is 0 Å². The molecule has 1 aromatic heterocycles. The predicted molar refractivity (Wildman–Crippen MR) is 83.2 cm³/mol. The highest BCUT2D eigenvalue weighted by atomic mass is 32.1. The normalized spacial score (nSPS) is 10.2. The summed E-state index contributed by atoms with van der Waals surface area (Å²) >= 11 is 4.98. The monoisotopic (exact) mass is 288 g/mol. The molecule has 104 valence electrons. The zero-order valence-electron chi connectivity index (χ0n) is 11.2. The van der Waals surface area contributed by atoms with Crippen LogP contribution in [-0.4, -0.2) is 28.7 Å². The van der Waals surface area contributed by atoms with Crippen LogP contribution in [0.5, 0.6) is 0 Å². The van der Waals surface area contributed by atoms with Gasteiger partial charge in [-0.1, -0.05) is 30.4 Å². The number of nitrogens with zero attached hydrogens (tertiary/aromatic N) is 2. The molecule has 0 radical (unpaired) electrons. The molecule has 20 heavy (non-hydrogen) atoms. The molecule has 0 spiro atoms. The first-order valence-electron chi connectivity index (χ1n) is 6.17. The molecule has 0 unspecified atom stereocenters. The molecule has 0 fully saturated rings. The highest BCUT2D eigenvalue weighted by molar-refractivity contribution is 7.80. The number of thiocarbonyl (C=S) groups is 1. The van der Waals surface area contributed by atoms with Gasteiger partial charge in [0, 0.05) is 25.2 Å². The maximum atomic E-state index is 5.66. The van der Waals surface area contributed by atoms with E-state index >= 15 is 0 Å². The first-order chi connectivity index (χ1) is 9.72. The maximum absolute atomic E-state index is 5.66. The van der Waals surface area contributed by atoms with Gasteiger partial charge in [0.05, 0.1) is 6.61 Å². The number of methoxy groups -OCH3 is 1. The second kappa shape index (κ2) is 6.93. The van der Waals surface area contributed by atoms with Gasteiger partial charge >= 0.3 is 0 Å². The smallest absolute Gasteiger partial charge is 0.159 e. The summed E-state index contributed by atoms with van der Waals surface area (Å²) in [5, 5.41) is 3.23. The van der Waals surface area contributed by atoms with Crippen LogP contribution in [-0.2, 0) is 11.2 Å². The largest absolute Gasteiger partial charge is 0.388 e. The van der Waals surface area contributed by atoms with Gasteiger partial charge in [-0.15, -0.1) is 0 Å². The van der Waals surface area contributed by atoms with E-state index in [1.165, 1.54) is 0 Å². The third-order valence-electron chi connectivity index (χ3n) is 2.78. The Morgan fingerprint density at radius 3 is 2.80 bits per heavy atom. The molecule has 0 saturated heterocycles. The minimum absolute atomic E-state index is 0.218. The molecule has 0 saturated carbocycles. The van der Waals surface area contributed by atoms with E-state index in [0.717, 1.165) is 17.7 Å². The van der Waals surface area contributed by atoms with Gasteiger partial charge in [-0.3, -0.25) is 0 Å². The number of benzene rings is 1. The molecule has 1 heterocycles. The van der Waals surface area contributed by atoms with Crippen LogP contribution in [0.3, 0.4) is 0 Å². The molecule has 6 heteroatoms. The number of nitrogens with two attached hydrogens (primary N) is 1. The number of hydrogen-bond donors (Lipinski definition) is 2. The average molecular weight is 288 g/mol. The second-order valence-corrected chi connectivity index (χ2v) is 4.58. The molecule has 1 aromatic carbocycles. The van der Waals surface area contributed by atoms with Gasteiger partial charge in [-0.25, -0.2) is 9.97 Å². The number of anilines is 2. The van der Waals surface area contributed by atoms with Crippen molar-refractivity contribution in [1.82, 2.24) is 9.97 Å². The Morgan fingerprint density at radius 2 is 2.05 bits per heavy atom. The Balaban J connectivity index is 2.28. The van der Waals surface area contributed by atoms with E-state index in [-0.39, 0.29) is 4.99 Å². The molecule has 3 N–H and O–H groups in total. The second-order valence-electron chi connectivity index (χ2n) is 4.14. The Kier molecular flexibility index (Phi) is 4.97. The number of rotatable bonds is 6. The average Bonchev–Trinajstić information content (AvgIpc) is 2.47. The highest BCUT2D eigenvalue weighted by Crippen LogP contribution is 2.21. The van der Waals surface area contributed by atoms with E-state index in [9.17, 15) is 0 Å². The quantitative estimate of drug-likeness (QED) is 0.793. The number of hydrogen-bond acceptors (Lipinski definition) is 5. The van der Waals surface area contributed by atoms with E-state index in [4.69, 9.17) is 22.7 Å². The number of ether oxygens (including phenoxy) is 1. The lowest BCUT2D eigenvalue weighted by Gasteiger charge is -2.13. The van der Waals surface area contributed by atoms with Crippen molar-refractivity contribution in [2.24, 2.45) is 5.73 Å². The van der Waals surface area contributed by atoms with Gasteiger partial charge in [-0.05, 0) is 18.1 Å². The molecule has 0 bridgehead atoms. The number of para-hydroxylation sites is 1. The lowest BCUT2D eigenvalue weighted by Crippen LogP contribution is -2.15. The first-order valence-corrected chi connectivity index (χ1v) is 6.58. The van der Waals surface area contributed by atoms with Crippen LogP contribution in [0.1, 0.15) is 11.3 Å². The molecule has 2 aromatic rings. The summed E-state index contributed by atoms with van der Waals surface area (Å²) in [4.78, 5) is 8.61.